The first-order valence-electron chi connectivity index (χ1n) is 4.60. The Hall–Kier alpha value is -1.16. The van der Waals surface area contributed by atoms with Crippen molar-refractivity contribution in [3.63, 3.8) is 0 Å². The Kier molecular flexibility index (Phi) is 2.63. The van der Waals surface area contributed by atoms with E-state index in [1.54, 1.807) is 23.7 Å². The van der Waals surface area contributed by atoms with E-state index in [0.29, 0.717) is 11.8 Å². The van der Waals surface area contributed by atoms with Gasteiger partial charge in [0.1, 0.15) is 5.76 Å². The highest BCUT2D eigenvalue weighted by Crippen LogP contribution is 2.22. The van der Waals surface area contributed by atoms with Crippen molar-refractivity contribution in [3.05, 3.63) is 23.5 Å². The molecule has 0 spiro atoms. The zero-order chi connectivity index (χ0) is 9.97. The van der Waals surface area contributed by atoms with Crippen LogP contribution in [0.1, 0.15) is 19.6 Å². The van der Waals surface area contributed by atoms with Gasteiger partial charge in [-0.1, -0.05) is 13.8 Å². The Bertz CT molecular complexity index is 392. The SMILES string of the molecule is CC(C)Cc1cnc(-c2nccs2)o1. The Morgan fingerprint density at radius 1 is 1.43 bits per heavy atom. The molecule has 74 valence electrons. The predicted octanol–water partition coefficient (Wildman–Crippen LogP) is 3.00. The Labute approximate surface area is 86.8 Å². The zero-order valence-corrected chi connectivity index (χ0v) is 9.04. The van der Waals surface area contributed by atoms with Crippen molar-refractivity contribution in [2.45, 2.75) is 20.3 Å². The van der Waals surface area contributed by atoms with Crippen molar-refractivity contribution in [1.29, 1.82) is 0 Å². The lowest BCUT2D eigenvalue weighted by Gasteiger charge is -1.97. The fraction of sp³-hybridized carbons (Fsp3) is 0.400. The van der Waals surface area contributed by atoms with Gasteiger partial charge in [0, 0.05) is 18.0 Å². The monoisotopic (exact) mass is 208 g/mol. The molecular formula is C10H12N2OS. The lowest BCUT2D eigenvalue weighted by atomic mass is 10.1. The minimum absolute atomic E-state index is 0.590. The van der Waals surface area contributed by atoms with E-state index in [-0.39, 0.29) is 0 Å². The summed E-state index contributed by atoms with van der Waals surface area (Å²) in [4.78, 5) is 8.33. The molecule has 2 aromatic rings. The van der Waals surface area contributed by atoms with Crippen LogP contribution in [0.2, 0.25) is 0 Å². The lowest BCUT2D eigenvalue weighted by molar-refractivity contribution is 0.479. The maximum absolute atomic E-state index is 5.58. The number of oxazole rings is 1. The molecule has 3 nitrogen and oxygen atoms in total. The van der Waals surface area contributed by atoms with Crippen LogP contribution < -0.4 is 0 Å². The highest BCUT2D eigenvalue weighted by atomic mass is 32.1. The molecule has 0 aliphatic heterocycles. The van der Waals surface area contributed by atoms with Gasteiger partial charge < -0.3 is 4.42 Å². The first-order chi connectivity index (χ1) is 6.75. The Balaban J connectivity index is 2.18. The molecule has 0 aliphatic carbocycles. The van der Waals surface area contributed by atoms with Crippen LogP contribution in [0.5, 0.6) is 0 Å². The van der Waals surface area contributed by atoms with Crippen molar-refractivity contribution in [2.24, 2.45) is 5.92 Å². The van der Waals surface area contributed by atoms with Gasteiger partial charge in [0.05, 0.1) is 6.20 Å². The summed E-state index contributed by atoms with van der Waals surface area (Å²) in [5, 5.41) is 2.77. The average Bonchev–Trinajstić information content (AvgIpc) is 2.69. The molecule has 0 saturated carbocycles. The van der Waals surface area contributed by atoms with Gasteiger partial charge in [-0.15, -0.1) is 11.3 Å². The summed E-state index contributed by atoms with van der Waals surface area (Å²) in [6.45, 7) is 4.32. The molecule has 4 heteroatoms. The first kappa shape index (κ1) is 9.40. The Morgan fingerprint density at radius 2 is 2.29 bits per heavy atom. The predicted molar refractivity (Wildman–Crippen MR) is 56.2 cm³/mol. The third-order valence-electron chi connectivity index (χ3n) is 1.78. The minimum atomic E-state index is 0.590. The largest absolute Gasteiger partial charge is 0.439 e. The number of hydrogen-bond acceptors (Lipinski definition) is 4. The van der Waals surface area contributed by atoms with E-state index in [1.165, 1.54) is 0 Å². The van der Waals surface area contributed by atoms with E-state index in [0.717, 1.165) is 17.2 Å². The number of aromatic nitrogens is 2. The van der Waals surface area contributed by atoms with Crippen LogP contribution in [0.25, 0.3) is 10.9 Å². The van der Waals surface area contributed by atoms with E-state index < -0.39 is 0 Å². The van der Waals surface area contributed by atoms with Gasteiger partial charge in [-0.05, 0) is 5.92 Å². The first-order valence-corrected chi connectivity index (χ1v) is 5.48. The summed E-state index contributed by atoms with van der Waals surface area (Å²) < 4.78 is 5.58. The number of rotatable bonds is 3. The molecule has 0 radical (unpaired) electrons. The van der Waals surface area contributed by atoms with Crippen LogP contribution in [0.3, 0.4) is 0 Å². The molecule has 2 heterocycles. The second-order valence-corrected chi connectivity index (χ2v) is 4.46. The van der Waals surface area contributed by atoms with Gasteiger partial charge in [0.25, 0.3) is 5.89 Å². The van der Waals surface area contributed by atoms with Crippen LogP contribution in [-0.2, 0) is 6.42 Å². The molecule has 0 atom stereocenters. The number of thiazole rings is 1. The molecular weight excluding hydrogens is 196 g/mol. The van der Waals surface area contributed by atoms with Crippen molar-refractivity contribution in [2.75, 3.05) is 0 Å². The third-order valence-corrected chi connectivity index (χ3v) is 2.54. The molecule has 2 rings (SSSR count). The highest BCUT2D eigenvalue weighted by molar-refractivity contribution is 7.12. The van der Waals surface area contributed by atoms with Crippen molar-refractivity contribution in [1.82, 2.24) is 9.97 Å². The third kappa shape index (κ3) is 2.01. The number of nitrogens with zero attached hydrogens (tertiary/aromatic N) is 2. The standard InChI is InChI=1S/C10H12N2OS/c1-7(2)5-8-6-12-9(13-8)10-11-3-4-14-10/h3-4,6-7H,5H2,1-2H3. The smallest absolute Gasteiger partial charge is 0.255 e. The maximum atomic E-state index is 5.58. The molecule has 2 aromatic heterocycles. The summed E-state index contributed by atoms with van der Waals surface area (Å²) in [7, 11) is 0. The van der Waals surface area contributed by atoms with Crippen LogP contribution in [0, 0.1) is 5.92 Å². The topological polar surface area (TPSA) is 38.9 Å². The Morgan fingerprint density at radius 3 is 2.93 bits per heavy atom. The summed E-state index contributed by atoms with van der Waals surface area (Å²) in [6.07, 6.45) is 4.47. The van der Waals surface area contributed by atoms with Gasteiger partial charge in [-0.2, -0.15) is 0 Å². The van der Waals surface area contributed by atoms with Gasteiger partial charge in [-0.25, -0.2) is 9.97 Å². The molecule has 0 saturated heterocycles. The minimum Gasteiger partial charge on any atom is -0.439 e. The normalized spacial score (nSPS) is 11.1. The summed E-state index contributed by atoms with van der Waals surface area (Å²) >= 11 is 1.54. The van der Waals surface area contributed by atoms with Crippen molar-refractivity contribution in [3.8, 4) is 10.9 Å². The second-order valence-electron chi connectivity index (χ2n) is 3.57. The molecule has 0 N–H and O–H groups in total. The second kappa shape index (κ2) is 3.92. The molecule has 14 heavy (non-hydrogen) atoms. The van der Waals surface area contributed by atoms with Crippen LogP contribution in [0.4, 0.5) is 0 Å². The molecule has 0 bridgehead atoms. The zero-order valence-electron chi connectivity index (χ0n) is 8.23. The van der Waals surface area contributed by atoms with E-state index in [4.69, 9.17) is 4.42 Å². The van der Waals surface area contributed by atoms with Crippen molar-refractivity contribution >= 4 is 11.3 Å². The van der Waals surface area contributed by atoms with Crippen LogP contribution >= 0.6 is 11.3 Å². The van der Waals surface area contributed by atoms with Crippen molar-refractivity contribution < 1.29 is 4.42 Å². The summed E-state index contributed by atoms with van der Waals surface area (Å²) in [5.74, 6) is 2.16. The fourth-order valence-corrected chi connectivity index (χ4v) is 1.80. The lowest BCUT2D eigenvalue weighted by Crippen LogP contribution is -1.90. The summed E-state index contributed by atoms with van der Waals surface area (Å²) in [6, 6.07) is 0. The van der Waals surface area contributed by atoms with E-state index in [2.05, 4.69) is 23.8 Å². The molecule has 0 unspecified atom stereocenters. The average molecular weight is 208 g/mol. The van der Waals surface area contributed by atoms with E-state index >= 15 is 0 Å². The number of hydrogen-bond donors (Lipinski definition) is 0. The van der Waals surface area contributed by atoms with Gasteiger partial charge in [0.15, 0.2) is 5.01 Å². The fourth-order valence-electron chi connectivity index (χ4n) is 1.23. The molecule has 0 aromatic carbocycles. The van der Waals surface area contributed by atoms with E-state index in [9.17, 15) is 0 Å². The maximum Gasteiger partial charge on any atom is 0.255 e. The molecule has 0 aliphatic rings. The van der Waals surface area contributed by atoms with Crippen LogP contribution in [0.15, 0.2) is 22.2 Å². The van der Waals surface area contributed by atoms with Crippen LogP contribution in [-0.4, -0.2) is 9.97 Å². The molecule has 0 fully saturated rings. The van der Waals surface area contributed by atoms with Gasteiger partial charge >= 0.3 is 0 Å². The van der Waals surface area contributed by atoms with Gasteiger partial charge in [-0.3, -0.25) is 0 Å². The van der Waals surface area contributed by atoms with E-state index in [1.807, 2.05) is 5.38 Å². The quantitative estimate of drug-likeness (QED) is 0.778. The highest BCUT2D eigenvalue weighted by Gasteiger charge is 2.09. The van der Waals surface area contributed by atoms with Gasteiger partial charge in [0.2, 0.25) is 0 Å². The summed E-state index contributed by atoms with van der Waals surface area (Å²) in [5.41, 5.74) is 0. The molecule has 0 amide bonds.